The fraction of sp³-hybridized carbons (Fsp3) is 0.0833. The molecule has 37 heavy (non-hydrogen) atoms. The molecule has 3 aromatic rings. The minimum atomic E-state index is -1.45. The molecule has 0 bridgehead atoms. The fourth-order valence-corrected chi connectivity index (χ4v) is 3.77. The van der Waals surface area contributed by atoms with E-state index in [1.165, 1.54) is 24.3 Å². The zero-order valence-corrected chi connectivity index (χ0v) is 19.4. The lowest BCUT2D eigenvalue weighted by Gasteiger charge is -2.08. The quantitative estimate of drug-likeness (QED) is 0.148. The van der Waals surface area contributed by atoms with Crippen molar-refractivity contribution >= 4 is 52.7 Å². The third kappa shape index (κ3) is 5.14. The third-order valence-electron chi connectivity index (χ3n) is 5.51. The lowest BCUT2D eigenvalue weighted by molar-refractivity contribution is -0.384. The largest absolute Gasteiger partial charge is 0.511 e. The molecular formula is C24H19N5O8. The molecule has 2 aromatic carbocycles. The number of anilines is 2. The molecule has 0 aliphatic carbocycles. The molecule has 188 valence electrons. The second-order valence-electron chi connectivity index (χ2n) is 7.97. The number of non-ortho nitro benzene ring substituents is 1. The van der Waals surface area contributed by atoms with Crippen molar-refractivity contribution in [3.8, 4) is 5.75 Å². The monoisotopic (exact) mass is 505 g/mol. The van der Waals surface area contributed by atoms with Gasteiger partial charge in [0.2, 0.25) is 0 Å². The number of aromatic amines is 1. The van der Waals surface area contributed by atoms with Gasteiger partial charge >= 0.3 is 12.2 Å². The van der Waals surface area contributed by atoms with Gasteiger partial charge in [-0.25, -0.2) is 9.59 Å². The van der Waals surface area contributed by atoms with E-state index < -0.39 is 28.9 Å². The van der Waals surface area contributed by atoms with Crippen LogP contribution in [0, 0.1) is 24.0 Å². The molecule has 1 aromatic heterocycles. The minimum absolute atomic E-state index is 0.0588. The van der Waals surface area contributed by atoms with Crippen molar-refractivity contribution < 1.29 is 33.9 Å². The zero-order valence-electron chi connectivity index (χ0n) is 19.4. The van der Waals surface area contributed by atoms with Gasteiger partial charge < -0.3 is 25.5 Å². The predicted octanol–water partition coefficient (Wildman–Crippen LogP) is 4.05. The fourth-order valence-electron chi connectivity index (χ4n) is 3.77. The first-order chi connectivity index (χ1) is 17.5. The maximum Gasteiger partial charge on any atom is 0.511 e. The van der Waals surface area contributed by atoms with Gasteiger partial charge in [-0.05, 0) is 44.2 Å². The van der Waals surface area contributed by atoms with Gasteiger partial charge in [0, 0.05) is 40.2 Å². The van der Waals surface area contributed by atoms with Crippen molar-refractivity contribution in [3.63, 3.8) is 0 Å². The van der Waals surface area contributed by atoms with Gasteiger partial charge in [-0.2, -0.15) is 0 Å². The van der Waals surface area contributed by atoms with E-state index in [0.717, 1.165) is 12.1 Å². The number of urea groups is 1. The second-order valence-corrected chi connectivity index (χ2v) is 7.97. The molecule has 0 atom stereocenters. The number of nitro groups is 1. The van der Waals surface area contributed by atoms with Crippen molar-refractivity contribution in [2.24, 2.45) is 0 Å². The first-order valence-corrected chi connectivity index (χ1v) is 10.7. The molecule has 0 unspecified atom stereocenters. The van der Waals surface area contributed by atoms with Crippen molar-refractivity contribution in [1.82, 2.24) is 10.3 Å². The maximum atomic E-state index is 12.6. The van der Waals surface area contributed by atoms with Crippen molar-refractivity contribution in [3.05, 3.63) is 80.7 Å². The number of amides is 4. The maximum absolute atomic E-state index is 12.6. The van der Waals surface area contributed by atoms with E-state index in [1.807, 2.05) is 0 Å². The number of aryl methyl sites for hydroxylation is 1. The summed E-state index contributed by atoms with van der Waals surface area (Å²) in [6.07, 6.45) is 0.118. The molecule has 13 nitrogen and oxygen atoms in total. The highest BCUT2D eigenvalue weighted by molar-refractivity contribution is 6.35. The van der Waals surface area contributed by atoms with Crippen LogP contribution in [-0.4, -0.2) is 39.0 Å². The molecule has 0 spiro atoms. The van der Waals surface area contributed by atoms with E-state index in [9.17, 15) is 29.3 Å². The van der Waals surface area contributed by atoms with Gasteiger partial charge in [0.05, 0.1) is 21.9 Å². The zero-order chi connectivity index (χ0) is 26.9. The normalized spacial score (nSPS) is 13.0. The first-order valence-electron chi connectivity index (χ1n) is 10.7. The molecule has 0 radical (unpaired) electrons. The number of hydrogen-bond acceptors (Lipinski definition) is 7. The minimum Gasteiger partial charge on any atom is -0.449 e. The van der Waals surface area contributed by atoms with Gasteiger partial charge in [-0.1, -0.05) is 6.07 Å². The summed E-state index contributed by atoms with van der Waals surface area (Å²) in [5.41, 5.74) is 2.93. The number of carboxylic acid groups (broad SMARTS) is 1. The van der Waals surface area contributed by atoms with Gasteiger partial charge in [0.15, 0.2) is 5.75 Å². The number of nitrogens with zero attached hydrogens (tertiary/aromatic N) is 1. The van der Waals surface area contributed by atoms with E-state index in [-0.39, 0.29) is 17.0 Å². The highest BCUT2D eigenvalue weighted by Gasteiger charge is 2.26. The number of fused-ring (bicyclic) bond motifs is 1. The smallest absolute Gasteiger partial charge is 0.449 e. The SMILES string of the molecule is Cc1[nH]c(/C=C2\C(=O)Nc3cc(NC(=O)NC(=O)c4ccc([N+](=O)[O-])cc4)ccc32)c(C)c1OC(=O)O. The number of benzene rings is 2. The number of carbonyl (C=O) groups is 4. The van der Waals surface area contributed by atoms with E-state index in [1.54, 1.807) is 26.0 Å². The molecule has 5 N–H and O–H groups in total. The summed E-state index contributed by atoms with van der Waals surface area (Å²) in [6.45, 7) is 3.30. The van der Waals surface area contributed by atoms with Crippen LogP contribution in [0.1, 0.15) is 32.9 Å². The van der Waals surface area contributed by atoms with Crippen LogP contribution in [0.15, 0.2) is 42.5 Å². The molecule has 1 aliphatic rings. The number of ether oxygens (including phenoxy) is 1. The molecule has 1 aliphatic heterocycles. The summed E-state index contributed by atoms with van der Waals surface area (Å²) >= 11 is 0. The van der Waals surface area contributed by atoms with Gasteiger partial charge in [0.1, 0.15) is 0 Å². The van der Waals surface area contributed by atoms with E-state index in [4.69, 9.17) is 9.84 Å². The molecule has 0 saturated carbocycles. The Kier molecular flexibility index (Phi) is 6.43. The highest BCUT2D eigenvalue weighted by Crippen LogP contribution is 2.36. The standard InChI is InChI=1S/C24H19N5O8/c1-11-18(25-12(2)20(11)37-24(33)34)10-17-16-8-5-14(9-19(16)27-22(17)31)26-23(32)28-21(30)13-3-6-15(7-4-13)29(35)36/h3-10,25H,1-2H3,(H,27,31)(H,33,34)(H2,26,28,30,32)/b17-10-. The van der Waals surface area contributed by atoms with Crippen LogP contribution in [0.3, 0.4) is 0 Å². The Balaban J connectivity index is 1.48. The van der Waals surface area contributed by atoms with E-state index in [0.29, 0.717) is 39.5 Å². The van der Waals surface area contributed by atoms with Gasteiger partial charge in [0.25, 0.3) is 17.5 Å². The van der Waals surface area contributed by atoms with Crippen LogP contribution in [0.4, 0.5) is 26.7 Å². The van der Waals surface area contributed by atoms with Crippen LogP contribution in [0.2, 0.25) is 0 Å². The summed E-state index contributed by atoms with van der Waals surface area (Å²) in [5, 5.41) is 26.9. The first kappa shape index (κ1) is 24.7. The van der Waals surface area contributed by atoms with Crippen molar-refractivity contribution in [2.75, 3.05) is 10.6 Å². The van der Waals surface area contributed by atoms with Crippen LogP contribution >= 0.6 is 0 Å². The molecule has 2 heterocycles. The predicted molar refractivity (Wildman–Crippen MR) is 131 cm³/mol. The highest BCUT2D eigenvalue weighted by atomic mass is 16.7. The summed E-state index contributed by atoms with van der Waals surface area (Å²) in [6, 6.07) is 8.56. The van der Waals surface area contributed by atoms with Crippen molar-refractivity contribution in [1.29, 1.82) is 0 Å². The number of nitro benzene ring substituents is 1. The van der Waals surface area contributed by atoms with Gasteiger partial charge in [-0.3, -0.25) is 25.0 Å². The Bertz CT molecular complexity index is 1500. The Hall–Kier alpha value is -5.46. The Morgan fingerprint density at radius 1 is 1.11 bits per heavy atom. The number of hydrogen-bond donors (Lipinski definition) is 5. The molecule has 4 amide bonds. The number of imide groups is 1. The summed E-state index contributed by atoms with van der Waals surface area (Å²) in [4.78, 5) is 61.2. The molecule has 0 fully saturated rings. The number of H-pyrrole nitrogens is 1. The Morgan fingerprint density at radius 3 is 2.46 bits per heavy atom. The number of rotatable bonds is 5. The molecule has 4 rings (SSSR count). The number of aromatic nitrogens is 1. The lowest BCUT2D eigenvalue weighted by Crippen LogP contribution is -2.34. The van der Waals surface area contributed by atoms with Crippen LogP contribution in [0.25, 0.3) is 11.6 Å². The Labute approximate surface area is 208 Å². The van der Waals surface area contributed by atoms with Crippen LogP contribution in [-0.2, 0) is 4.79 Å². The summed E-state index contributed by atoms with van der Waals surface area (Å²) in [5.74, 6) is -1.00. The van der Waals surface area contributed by atoms with Crippen molar-refractivity contribution in [2.45, 2.75) is 13.8 Å². The topological polar surface area (TPSA) is 193 Å². The Morgan fingerprint density at radius 2 is 1.81 bits per heavy atom. The number of nitrogens with one attached hydrogen (secondary N) is 4. The molecule has 0 saturated heterocycles. The number of carbonyl (C=O) groups excluding carboxylic acids is 3. The average molecular weight is 505 g/mol. The van der Waals surface area contributed by atoms with Crippen LogP contribution < -0.4 is 20.7 Å². The lowest BCUT2D eigenvalue weighted by atomic mass is 10.0. The summed E-state index contributed by atoms with van der Waals surface area (Å²) < 4.78 is 4.80. The third-order valence-corrected chi connectivity index (χ3v) is 5.51. The van der Waals surface area contributed by atoms with E-state index >= 15 is 0 Å². The second kappa shape index (κ2) is 9.65. The van der Waals surface area contributed by atoms with Crippen LogP contribution in [0.5, 0.6) is 5.75 Å². The van der Waals surface area contributed by atoms with Gasteiger partial charge in [-0.15, -0.1) is 0 Å². The van der Waals surface area contributed by atoms with E-state index in [2.05, 4.69) is 20.9 Å². The molecular weight excluding hydrogens is 486 g/mol. The summed E-state index contributed by atoms with van der Waals surface area (Å²) in [7, 11) is 0. The molecule has 13 heteroatoms. The average Bonchev–Trinajstić information content (AvgIpc) is 3.28.